The molecule has 1 aliphatic carbocycles. The second-order valence-corrected chi connectivity index (χ2v) is 6.73. The van der Waals surface area contributed by atoms with Crippen molar-refractivity contribution >= 4 is 50.9 Å². The van der Waals surface area contributed by atoms with Crippen LogP contribution in [0.2, 0.25) is 0 Å². The number of aliphatic carboxylic acids is 1. The molecule has 2 N–H and O–H groups in total. The van der Waals surface area contributed by atoms with Crippen molar-refractivity contribution in [2.75, 3.05) is 11.6 Å². The Morgan fingerprint density at radius 1 is 1.45 bits per heavy atom. The van der Waals surface area contributed by atoms with Gasteiger partial charge in [-0.1, -0.05) is 11.8 Å². The summed E-state index contributed by atoms with van der Waals surface area (Å²) in [5.41, 5.74) is 1.60. The number of aromatic nitrogens is 1. The third-order valence-electron chi connectivity index (χ3n) is 3.26. The summed E-state index contributed by atoms with van der Waals surface area (Å²) in [7, 11) is 0. The van der Waals surface area contributed by atoms with E-state index < -0.39 is 17.8 Å². The van der Waals surface area contributed by atoms with Crippen LogP contribution in [0.1, 0.15) is 6.42 Å². The summed E-state index contributed by atoms with van der Waals surface area (Å²) in [5.74, 6) is -2.03. The molecule has 1 aliphatic rings. The van der Waals surface area contributed by atoms with Gasteiger partial charge in [-0.05, 0) is 30.9 Å². The number of rotatable bonds is 4. The molecular formula is C13H12N2O3S2. The lowest BCUT2D eigenvalue weighted by Gasteiger charge is -2.03. The number of carbonyl (C=O) groups excluding carboxylic acids is 1. The van der Waals surface area contributed by atoms with Gasteiger partial charge in [-0.25, -0.2) is 4.98 Å². The number of benzene rings is 1. The first-order chi connectivity index (χ1) is 9.58. The second-order valence-electron chi connectivity index (χ2n) is 4.64. The Bertz CT molecular complexity index is 698. The fourth-order valence-electron chi connectivity index (χ4n) is 2.06. The summed E-state index contributed by atoms with van der Waals surface area (Å²) in [6, 6.07) is 5.54. The van der Waals surface area contributed by atoms with Crippen LogP contribution in [0.3, 0.4) is 0 Å². The van der Waals surface area contributed by atoms with Crippen LogP contribution in [-0.2, 0) is 9.59 Å². The number of carboxylic acid groups (broad SMARTS) is 1. The van der Waals surface area contributed by atoms with Crippen molar-refractivity contribution in [2.24, 2.45) is 11.8 Å². The van der Waals surface area contributed by atoms with E-state index in [1.54, 1.807) is 29.2 Å². The summed E-state index contributed by atoms with van der Waals surface area (Å²) in [5, 5.41) is 11.6. The Kier molecular flexibility index (Phi) is 3.39. The molecule has 2 atom stereocenters. The maximum Gasteiger partial charge on any atom is 0.307 e. The molecule has 0 aliphatic heterocycles. The normalized spacial score (nSPS) is 20.9. The highest BCUT2D eigenvalue weighted by Crippen LogP contribution is 2.39. The Hall–Kier alpha value is -1.60. The average Bonchev–Trinajstić information content (AvgIpc) is 3.12. The molecule has 104 valence electrons. The van der Waals surface area contributed by atoms with E-state index in [0.717, 1.165) is 14.6 Å². The van der Waals surface area contributed by atoms with Gasteiger partial charge in [0.2, 0.25) is 5.91 Å². The van der Waals surface area contributed by atoms with Gasteiger partial charge in [-0.2, -0.15) is 0 Å². The largest absolute Gasteiger partial charge is 0.481 e. The van der Waals surface area contributed by atoms with Crippen molar-refractivity contribution in [3.05, 3.63) is 18.2 Å². The molecule has 5 nitrogen and oxygen atoms in total. The van der Waals surface area contributed by atoms with Crippen LogP contribution < -0.4 is 5.32 Å². The van der Waals surface area contributed by atoms with Crippen LogP contribution in [0.15, 0.2) is 22.5 Å². The zero-order valence-corrected chi connectivity index (χ0v) is 12.3. The van der Waals surface area contributed by atoms with Crippen LogP contribution in [-0.4, -0.2) is 28.2 Å². The molecular weight excluding hydrogens is 296 g/mol. The maximum atomic E-state index is 11.9. The van der Waals surface area contributed by atoms with Gasteiger partial charge in [0.25, 0.3) is 0 Å². The lowest BCUT2D eigenvalue weighted by Crippen LogP contribution is -2.16. The highest BCUT2D eigenvalue weighted by molar-refractivity contribution is 8.00. The lowest BCUT2D eigenvalue weighted by molar-refractivity contribution is -0.139. The van der Waals surface area contributed by atoms with Gasteiger partial charge < -0.3 is 10.4 Å². The van der Waals surface area contributed by atoms with E-state index in [2.05, 4.69) is 10.3 Å². The first-order valence-corrected chi connectivity index (χ1v) is 8.11. The van der Waals surface area contributed by atoms with E-state index in [-0.39, 0.29) is 5.91 Å². The van der Waals surface area contributed by atoms with Gasteiger partial charge in [0.05, 0.1) is 22.1 Å². The number of fused-ring (bicyclic) bond motifs is 1. The van der Waals surface area contributed by atoms with Gasteiger partial charge in [0, 0.05) is 5.69 Å². The first-order valence-electron chi connectivity index (χ1n) is 6.06. The van der Waals surface area contributed by atoms with Crippen molar-refractivity contribution in [2.45, 2.75) is 10.8 Å². The van der Waals surface area contributed by atoms with E-state index in [4.69, 9.17) is 5.11 Å². The van der Waals surface area contributed by atoms with Crippen molar-refractivity contribution in [3.63, 3.8) is 0 Å². The molecule has 1 fully saturated rings. The predicted molar refractivity (Wildman–Crippen MR) is 79.3 cm³/mol. The van der Waals surface area contributed by atoms with Crippen LogP contribution in [0.4, 0.5) is 5.69 Å². The molecule has 1 aromatic heterocycles. The fraction of sp³-hybridized carbons (Fsp3) is 0.308. The molecule has 1 heterocycles. The molecule has 1 saturated carbocycles. The van der Waals surface area contributed by atoms with Crippen molar-refractivity contribution < 1.29 is 14.7 Å². The molecule has 1 amide bonds. The van der Waals surface area contributed by atoms with Gasteiger partial charge in [0.15, 0.2) is 4.34 Å². The Labute approximate surface area is 123 Å². The van der Waals surface area contributed by atoms with Gasteiger partial charge in [-0.3, -0.25) is 9.59 Å². The van der Waals surface area contributed by atoms with Gasteiger partial charge >= 0.3 is 5.97 Å². The molecule has 2 aromatic rings. The zero-order valence-electron chi connectivity index (χ0n) is 10.6. The van der Waals surface area contributed by atoms with Crippen molar-refractivity contribution in [3.8, 4) is 0 Å². The van der Waals surface area contributed by atoms with E-state index in [9.17, 15) is 9.59 Å². The van der Waals surface area contributed by atoms with Crippen LogP contribution in [0.5, 0.6) is 0 Å². The number of thioether (sulfide) groups is 1. The summed E-state index contributed by atoms with van der Waals surface area (Å²) in [6.07, 6.45) is 2.40. The first kappa shape index (κ1) is 13.4. The minimum Gasteiger partial charge on any atom is -0.481 e. The summed E-state index contributed by atoms with van der Waals surface area (Å²) < 4.78 is 1.99. The predicted octanol–water partition coefficient (Wildman–Crippen LogP) is 2.68. The topological polar surface area (TPSA) is 79.3 Å². The smallest absolute Gasteiger partial charge is 0.307 e. The third-order valence-corrected chi connectivity index (χ3v) is 5.26. The second kappa shape index (κ2) is 5.06. The monoisotopic (exact) mass is 308 g/mol. The quantitative estimate of drug-likeness (QED) is 0.849. The number of amides is 1. The SMILES string of the molecule is CSc1nc2ccc(NC(=O)C3CC3C(=O)O)cc2s1. The van der Waals surface area contributed by atoms with E-state index in [0.29, 0.717) is 12.1 Å². The standard InChI is InChI=1S/C13H12N2O3S2/c1-19-13-15-9-3-2-6(4-10(9)20-13)14-11(16)7-5-8(7)12(17)18/h2-4,7-8H,5H2,1H3,(H,14,16)(H,17,18). The summed E-state index contributed by atoms with van der Waals surface area (Å²) in [6.45, 7) is 0. The summed E-state index contributed by atoms with van der Waals surface area (Å²) in [4.78, 5) is 27.1. The number of carboxylic acids is 1. The molecule has 1 aromatic carbocycles. The summed E-state index contributed by atoms with van der Waals surface area (Å²) >= 11 is 3.16. The Balaban J connectivity index is 1.74. The third kappa shape index (κ3) is 2.51. The number of nitrogens with one attached hydrogen (secondary N) is 1. The van der Waals surface area contributed by atoms with E-state index in [1.165, 1.54) is 0 Å². The zero-order chi connectivity index (χ0) is 14.3. The Morgan fingerprint density at radius 2 is 2.25 bits per heavy atom. The van der Waals surface area contributed by atoms with Crippen LogP contribution in [0.25, 0.3) is 10.2 Å². The van der Waals surface area contributed by atoms with E-state index in [1.807, 2.05) is 18.4 Å². The van der Waals surface area contributed by atoms with Crippen molar-refractivity contribution in [1.29, 1.82) is 0 Å². The van der Waals surface area contributed by atoms with Crippen LogP contribution in [0, 0.1) is 11.8 Å². The molecule has 2 unspecified atom stereocenters. The van der Waals surface area contributed by atoms with Gasteiger partial charge in [0.1, 0.15) is 0 Å². The molecule has 20 heavy (non-hydrogen) atoms. The van der Waals surface area contributed by atoms with Crippen molar-refractivity contribution in [1.82, 2.24) is 4.98 Å². The average molecular weight is 308 g/mol. The minimum absolute atomic E-state index is 0.216. The molecule has 0 spiro atoms. The minimum atomic E-state index is -0.896. The highest BCUT2D eigenvalue weighted by Gasteiger charge is 2.48. The number of hydrogen-bond donors (Lipinski definition) is 2. The maximum absolute atomic E-state index is 11.9. The number of hydrogen-bond acceptors (Lipinski definition) is 5. The number of nitrogens with zero attached hydrogens (tertiary/aromatic N) is 1. The number of carbonyl (C=O) groups is 2. The number of anilines is 1. The molecule has 7 heteroatoms. The highest BCUT2D eigenvalue weighted by atomic mass is 32.2. The van der Waals surface area contributed by atoms with Crippen LogP contribution >= 0.6 is 23.1 Å². The Morgan fingerprint density at radius 3 is 2.90 bits per heavy atom. The number of thiazole rings is 1. The molecule has 0 radical (unpaired) electrons. The van der Waals surface area contributed by atoms with E-state index >= 15 is 0 Å². The van der Waals surface area contributed by atoms with Gasteiger partial charge in [-0.15, -0.1) is 11.3 Å². The fourth-order valence-corrected chi connectivity index (χ4v) is 3.59. The molecule has 0 bridgehead atoms. The molecule has 0 saturated heterocycles. The molecule has 3 rings (SSSR count). The lowest BCUT2D eigenvalue weighted by atomic mass is 10.2.